The molecular weight excluding hydrogens is 263 g/mol. The van der Waals surface area contributed by atoms with E-state index in [1.54, 1.807) is 12.4 Å². The van der Waals surface area contributed by atoms with E-state index in [2.05, 4.69) is 5.10 Å². The van der Waals surface area contributed by atoms with Crippen LogP contribution in [0.25, 0.3) is 0 Å². The lowest BCUT2D eigenvalue weighted by Crippen LogP contribution is -2.08. The Morgan fingerprint density at radius 1 is 1.55 bits per heavy atom. The summed E-state index contributed by atoms with van der Waals surface area (Å²) in [5.74, 6) is -0.825. The van der Waals surface area contributed by atoms with E-state index in [9.17, 15) is 14.5 Å². The first kappa shape index (κ1) is 14.1. The number of nitro benzene ring substituents is 1. The van der Waals surface area contributed by atoms with Gasteiger partial charge in [0.1, 0.15) is 0 Å². The lowest BCUT2D eigenvalue weighted by Gasteiger charge is -2.05. The Kier molecular flexibility index (Phi) is 4.09. The first-order valence-corrected chi connectivity index (χ1v) is 6.22. The molecule has 0 radical (unpaired) electrons. The predicted molar refractivity (Wildman–Crippen MR) is 71.6 cm³/mol. The van der Waals surface area contributed by atoms with Gasteiger partial charge >= 0.3 is 5.69 Å². The Labute approximate surface area is 115 Å². The summed E-state index contributed by atoms with van der Waals surface area (Å²) in [5.41, 5.74) is 6.43. The van der Waals surface area contributed by atoms with Crippen LogP contribution in [0.5, 0.6) is 0 Å². The number of nitrogens with two attached hydrogens (primary N) is 1. The highest BCUT2D eigenvalue weighted by molar-refractivity contribution is 5.36. The van der Waals surface area contributed by atoms with E-state index in [4.69, 9.17) is 5.73 Å². The minimum absolute atomic E-state index is 0.112. The molecule has 106 valence electrons. The molecule has 20 heavy (non-hydrogen) atoms. The molecule has 1 unspecified atom stereocenters. The van der Waals surface area contributed by atoms with Gasteiger partial charge in [0, 0.05) is 29.4 Å². The molecule has 1 heterocycles. The highest BCUT2D eigenvalue weighted by atomic mass is 19.1. The van der Waals surface area contributed by atoms with Crippen LogP contribution >= 0.6 is 0 Å². The van der Waals surface area contributed by atoms with Gasteiger partial charge in [0.2, 0.25) is 5.82 Å². The summed E-state index contributed by atoms with van der Waals surface area (Å²) in [6.07, 6.45) is 4.13. The SMILES string of the molecule is CCC(N)c1cnn(Cc2cccc([N+](=O)[O-])c2F)c1. The Morgan fingerprint density at radius 2 is 2.30 bits per heavy atom. The zero-order valence-electron chi connectivity index (χ0n) is 11.0. The van der Waals surface area contributed by atoms with Crippen molar-refractivity contribution >= 4 is 5.69 Å². The van der Waals surface area contributed by atoms with Crippen molar-refractivity contribution in [1.82, 2.24) is 9.78 Å². The number of hydrogen-bond acceptors (Lipinski definition) is 4. The summed E-state index contributed by atoms with van der Waals surface area (Å²) >= 11 is 0. The molecule has 0 aliphatic rings. The largest absolute Gasteiger partial charge is 0.324 e. The molecule has 1 atom stereocenters. The monoisotopic (exact) mass is 278 g/mol. The zero-order chi connectivity index (χ0) is 14.7. The van der Waals surface area contributed by atoms with E-state index in [-0.39, 0.29) is 18.2 Å². The third-order valence-electron chi connectivity index (χ3n) is 3.11. The van der Waals surface area contributed by atoms with Crippen LogP contribution in [0.2, 0.25) is 0 Å². The van der Waals surface area contributed by atoms with Crippen LogP contribution in [0.3, 0.4) is 0 Å². The van der Waals surface area contributed by atoms with E-state index < -0.39 is 16.4 Å². The van der Waals surface area contributed by atoms with E-state index in [0.29, 0.717) is 0 Å². The minimum Gasteiger partial charge on any atom is -0.324 e. The van der Waals surface area contributed by atoms with E-state index in [0.717, 1.165) is 18.1 Å². The van der Waals surface area contributed by atoms with Crippen molar-refractivity contribution in [2.75, 3.05) is 0 Å². The molecule has 1 aromatic heterocycles. The smallest absolute Gasteiger partial charge is 0.305 e. The third kappa shape index (κ3) is 2.83. The molecule has 2 rings (SSSR count). The fourth-order valence-corrected chi connectivity index (χ4v) is 1.90. The molecule has 0 fully saturated rings. The van der Waals surface area contributed by atoms with Gasteiger partial charge in [0.25, 0.3) is 0 Å². The summed E-state index contributed by atoms with van der Waals surface area (Å²) < 4.78 is 15.5. The predicted octanol–water partition coefficient (Wildman–Crippen LogP) is 2.39. The fourth-order valence-electron chi connectivity index (χ4n) is 1.90. The van der Waals surface area contributed by atoms with Crippen LogP contribution in [-0.4, -0.2) is 14.7 Å². The average Bonchev–Trinajstić information content (AvgIpc) is 2.88. The fraction of sp³-hybridized carbons (Fsp3) is 0.308. The zero-order valence-corrected chi connectivity index (χ0v) is 11.0. The highest BCUT2D eigenvalue weighted by Gasteiger charge is 2.17. The number of nitrogens with zero attached hydrogens (tertiary/aromatic N) is 3. The van der Waals surface area contributed by atoms with Gasteiger partial charge in [-0.2, -0.15) is 9.49 Å². The van der Waals surface area contributed by atoms with Crippen molar-refractivity contribution in [2.45, 2.75) is 25.9 Å². The molecule has 6 nitrogen and oxygen atoms in total. The Balaban J connectivity index is 2.24. The maximum atomic E-state index is 13.9. The maximum absolute atomic E-state index is 13.9. The molecule has 2 N–H and O–H groups in total. The van der Waals surface area contributed by atoms with E-state index in [1.165, 1.54) is 16.8 Å². The Bertz CT molecular complexity index is 627. The lowest BCUT2D eigenvalue weighted by atomic mass is 10.1. The number of halogens is 1. The van der Waals surface area contributed by atoms with Crippen LogP contribution in [0.4, 0.5) is 10.1 Å². The average molecular weight is 278 g/mol. The third-order valence-corrected chi connectivity index (χ3v) is 3.11. The van der Waals surface area contributed by atoms with Gasteiger partial charge in [-0.1, -0.05) is 19.1 Å². The second-order valence-electron chi connectivity index (χ2n) is 4.49. The van der Waals surface area contributed by atoms with Crippen LogP contribution in [-0.2, 0) is 6.54 Å². The minimum atomic E-state index is -0.825. The van der Waals surface area contributed by atoms with Crippen molar-refractivity contribution in [3.63, 3.8) is 0 Å². The summed E-state index contributed by atoms with van der Waals surface area (Å²) in [7, 11) is 0. The molecule has 7 heteroatoms. The van der Waals surface area contributed by atoms with Crippen LogP contribution < -0.4 is 5.73 Å². The molecular formula is C13H15FN4O2. The van der Waals surface area contributed by atoms with Crippen molar-refractivity contribution in [3.05, 3.63) is 57.7 Å². The molecule has 0 amide bonds. The lowest BCUT2D eigenvalue weighted by molar-refractivity contribution is -0.387. The van der Waals surface area contributed by atoms with E-state index in [1.807, 2.05) is 6.92 Å². The molecule has 2 aromatic rings. The van der Waals surface area contributed by atoms with Crippen molar-refractivity contribution in [1.29, 1.82) is 0 Å². The standard InChI is InChI=1S/C13H15FN4O2/c1-2-11(15)10-6-16-17(8-10)7-9-4-3-5-12(13(9)14)18(19)20/h3-6,8,11H,2,7,15H2,1H3. The summed E-state index contributed by atoms with van der Waals surface area (Å²) in [5, 5.41) is 14.8. The first-order valence-electron chi connectivity index (χ1n) is 6.22. The second kappa shape index (κ2) is 5.79. The number of aromatic nitrogens is 2. The van der Waals surface area contributed by atoms with Gasteiger partial charge in [0.05, 0.1) is 17.7 Å². The van der Waals surface area contributed by atoms with Gasteiger partial charge in [-0.15, -0.1) is 0 Å². The molecule has 0 saturated carbocycles. The molecule has 0 aliphatic carbocycles. The van der Waals surface area contributed by atoms with Gasteiger partial charge in [0.15, 0.2) is 0 Å². The number of nitro groups is 1. The van der Waals surface area contributed by atoms with Gasteiger partial charge in [-0.3, -0.25) is 14.8 Å². The van der Waals surface area contributed by atoms with Crippen molar-refractivity contribution < 1.29 is 9.31 Å². The van der Waals surface area contributed by atoms with Gasteiger partial charge in [-0.05, 0) is 6.42 Å². The van der Waals surface area contributed by atoms with Gasteiger partial charge in [-0.25, -0.2) is 0 Å². The summed E-state index contributed by atoms with van der Waals surface area (Å²) in [6, 6.07) is 3.99. The number of benzene rings is 1. The first-order chi connectivity index (χ1) is 9.52. The summed E-state index contributed by atoms with van der Waals surface area (Å²) in [4.78, 5) is 9.95. The summed E-state index contributed by atoms with van der Waals surface area (Å²) in [6.45, 7) is 2.09. The molecule has 0 bridgehead atoms. The van der Waals surface area contributed by atoms with Crippen molar-refractivity contribution in [3.8, 4) is 0 Å². The molecule has 1 aromatic carbocycles. The number of hydrogen-bond donors (Lipinski definition) is 1. The molecule has 0 aliphatic heterocycles. The van der Waals surface area contributed by atoms with Crippen molar-refractivity contribution in [2.24, 2.45) is 5.73 Å². The van der Waals surface area contributed by atoms with Crippen LogP contribution in [0.1, 0.15) is 30.5 Å². The maximum Gasteiger partial charge on any atom is 0.305 e. The molecule has 0 saturated heterocycles. The Morgan fingerprint density at radius 3 is 2.95 bits per heavy atom. The van der Waals surface area contributed by atoms with Crippen LogP contribution in [0.15, 0.2) is 30.6 Å². The van der Waals surface area contributed by atoms with Gasteiger partial charge < -0.3 is 5.73 Å². The topological polar surface area (TPSA) is 87.0 Å². The molecule has 0 spiro atoms. The normalized spacial score (nSPS) is 12.3. The van der Waals surface area contributed by atoms with Crippen LogP contribution in [0, 0.1) is 15.9 Å². The second-order valence-corrected chi connectivity index (χ2v) is 4.49. The quantitative estimate of drug-likeness (QED) is 0.672. The number of rotatable bonds is 5. The Hall–Kier alpha value is -2.28. The van der Waals surface area contributed by atoms with E-state index >= 15 is 0 Å². The highest BCUT2D eigenvalue weighted by Crippen LogP contribution is 2.21.